The molecule has 2 saturated heterocycles. The number of amides is 1. The molecule has 6 heteroatoms. The third kappa shape index (κ3) is 4.97. The van der Waals surface area contributed by atoms with Crippen LogP contribution >= 0.6 is 12.4 Å². The fourth-order valence-electron chi connectivity index (χ4n) is 4.56. The summed E-state index contributed by atoms with van der Waals surface area (Å²) in [7, 11) is 0. The van der Waals surface area contributed by atoms with Gasteiger partial charge >= 0.3 is 0 Å². The first kappa shape index (κ1) is 21.8. The summed E-state index contributed by atoms with van der Waals surface area (Å²) in [5.41, 5.74) is 8.65. The minimum absolute atomic E-state index is 0. The number of rotatable bonds is 4. The van der Waals surface area contributed by atoms with Crippen LogP contribution in [0.2, 0.25) is 0 Å². The van der Waals surface area contributed by atoms with Crippen LogP contribution in [-0.4, -0.2) is 47.4 Å². The second kappa shape index (κ2) is 9.70. The maximum atomic E-state index is 13.3. The summed E-state index contributed by atoms with van der Waals surface area (Å²) in [5.74, 6) is 0.156. The summed E-state index contributed by atoms with van der Waals surface area (Å²) in [6.07, 6.45) is 3.04. The van der Waals surface area contributed by atoms with Crippen LogP contribution in [0, 0.1) is 5.82 Å². The Kier molecular flexibility index (Phi) is 7.28. The fourth-order valence-corrected chi connectivity index (χ4v) is 4.56. The summed E-state index contributed by atoms with van der Waals surface area (Å²) < 4.78 is 13.2. The van der Waals surface area contributed by atoms with Gasteiger partial charge < -0.3 is 10.6 Å². The van der Waals surface area contributed by atoms with Crippen molar-refractivity contribution in [3.8, 4) is 0 Å². The van der Waals surface area contributed by atoms with Crippen molar-refractivity contribution in [2.24, 2.45) is 5.73 Å². The quantitative estimate of drug-likeness (QED) is 0.827. The van der Waals surface area contributed by atoms with Gasteiger partial charge in [0.2, 0.25) is 5.91 Å². The van der Waals surface area contributed by atoms with Crippen molar-refractivity contribution >= 4 is 18.3 Å². The van der Waals surface area contributed by atoms with Crippen molar-refractivity contribution in [3.63, 3.8) is 0 Å². The van der Waals surface area contributed by atoms with Crippen LogP contribution < -0.4 is 5.73 Å². The van der Waals surface area contributed by atoms with E-state index in [-0.39, 0.29) is 42.1 Å². The number of likely N-dealkylation sites (tertiary alicyclic amines) is 2. The first-order valence-electron chi connectivity index (χ1n) is 10.2. The van der Waals surface area contributed by atoms with Gasteiger partial charge in [0.15, 0.2) is 0 Å². The van der Waals surface area contributed by atoms with Gasteiger partial charge in [-0.2, -0.15) is 0 Å². The Hall–Kier alpha value is -1.95. The zero-order valence-electron chi connectivity index (χ0n) is 16.5. The summed E-state index contributed by atoms with van der Waals surface area (Å²) in [6, 6.07) is 16.7. The summed E-state index contributed by atoms with van der Waals surface area (Å²) in [4.78, 5) is 17.6. The summed E-state index contributed by atoms with van der Waals surface area (Å²) in [6.45, 7) is 2.87. The molecule has 1 amide bonds. The Morgan fingerprint density at radius 1 is 1.03 bits per heavy atom. The second-order valence-electron chi connectivity index (χ2n) is 8.03. The molecule has 0 spiro atoms. The number of carbonyl (C=O) groups excluding carboxylic acids is 1. The van der Waals surface area contributed by atoms with Gasteiger partial charge in [0, 0.05) is 31.6 Å². The van der Waals surface area contributed by atoms with E-state index in [0.29, 0.717) is 19.6 Å². The van der Waals surface area contributed by atoms with Gasteiger partial charge in [-0.3, -0.25) is 9.69 Å². The molecule has 156 valence electrons. The van der Waals surface area contributed by atoms with E-state index >= 15 is 0 Å². The average molecular weight is 418 g/mol. The molecule has 4 nitrogen and oxygen atoms in total. The predicted octanol–water partition coefficient (Wildman–Crippen LogP) is 3.56. The van der Waals surface area contributed by atoms with E-state index in [1.807, 2.05) is 35.2 Å². The highest BCUT2D eigenvalue weighted by atomic mass is 35.5. The molecule has 2 N–H and O–H groups in total. The van der Waals surface area contributed by atoms with Crippen molar-refractivity contribution < 1.29 is 9.18 Å². The number of benzene rings is 2. The lowest BCUT2D eigenvalue weighted by molar-refractivity contribution is -0.137. The molecule has 2 aliphatic rings. The minimum Gasteiger partial charge on any atom is -0.339 e. The third-order valence-corrected chi connectivity index (χ3v) is 6.10. The summed E-state index contributed by atoms with van der Waals surface area (Å²) in [5, 5.41) is 0. The number of hydrogen-bond donors (Lipinski definition) is 1. The molecule has 2 aromatic rings. The molecule has 4 rings (SSSR count). The van der Waals surface area contributed by atoms with Crippen molar-refractivity contribution in [2.45, 2.75) is 43.8 Å². The molecular weight excluding hydrogens is 389 g/mol. The van der Waals surface area contributed by atoms with Gasteiger partial charge in [-0.25, -0.2) is 4.39 Å². The molecule has 2 aromatic carbocycles. The van der Waals surface area contributed by atoms with E-state index in [4.69, 9.17) is 5.73 Å². The Bertz CT molecular complexity index is 802. The largest absolute Gasteiger partial charge is 0.339 e. The third-order valence-electron chi connectivity index (χ3n) is 6.10. The number of nitrogens with two attached hydrogens (primary N) is 1. The molecule has 0 radical (unpaired) electrons. The zero-order chi connectivity index (χ0) is 19.5. The molecule has 0 bridgehead atoms. The van der Waals surface area contributed by atoms with Gasteiger partial charge in [-0.15, -0.1) is 12.4 Å². The molecule has 2 heterocycles. The van der Waals surface area contributed by atoms with Crippen molar-refractivity contribution in [1.29, 1.82) is 0 Å². The fraction of sp³-hybridized carbons (Fsp3) is 0.435. The maximum absolute atomic E-state index is 13.3. The Labute approximate surface area is 178 Å². The second-order valence-corrected chi connectivity index (χ2v) is 8.03. The van der Waals surface area contributed by atoms with Crippen LogP contribution in [0.4, 0.5) is 4.39 Å². The number of piperidine rings is 1. The lowest BCUT2D eigenvalue weighted by Gasteiger charge is -2.37. The molecule has 2 fully saturated rings. The van der Waals surface area contributed by atoms with Gasteiger partial charge in [0.05, 0.1) is 6.04 Å². The highest BCUT2D eigenvalue weighted by Gasteiger charge is 2.38. The molecule has 0 aromatic heterocycles. The topological polar surface area (TPSA) is 49.6 Å². The molecule has 1 unspecified atom stereocenters. The van der Waals surface area contributed by atoms with Crippen LogP contribution in [0.1, 0.15) is 36.3 Å². The molecular formula is C23H29ClFN3O. The minimum atomic E-state index is -0.229. The van der Waals surface area contributed by atoms with Crippen LogP contribution in [0.25, 0.3) is 0 Å². The van der Waals surface area contributed by atoms with Gasteiger partial charge in [0.1, 0.15) is 5.82 Å². The van der Waals surface area contributed by atoms with Crippen LogP contribution in [0.3, 0.4) is 0 Å². The maximum Gasteiger partial charge on any atom is 0.240 e. The molecule has 29 heavy (non-hydrogen) atoms. The lowest BCUT2D eigenvalue weighted by atomic mass is 9.95. The molecule has 0 aliphatic carbocycles. The molecule has 3 atom stereocenters. The SMILES string of the molecule is Cl.N[C@@H]1CN(C(=O)C2CCCCN2Cc2ccc(F)cc2)C[C@H]1c1ccccc1. The number of halogens is 2. The van der Waals surface area contributed by atoms with E-state index < -0.39 is 0 Å². The average Bonchev–Trinajstić information content (AvgIpc) is 3.12. The zero-order valence-corrected chi connectivity index (χ0v) is 17.4. The van der Waals surface area contributed by atoms with Crippen molar-refractivity contribution in [1.82, 2.24) is 9.80 Å². The van der Waals surface area contributed by atoms with E-state index in [1.54, 1.807) is 0 Å². The number of carbonyl (C=O) groups is 1. The molecule has 2 aliphatic heterocycles. The Morgan fingerprint density at radius 3 is 2.48 bits per heavy atom. The number of hydrogen-bond acceptors (Lipinski definition) is 3. The van der Waals surface area contributed by atoms with E-state index in [2.05, 4.69) is 17.0 Å². The van der Waals surface area contributed by atoms with E-state index in [0.717, 1.165) is 31.4 Å². The van der Waals surface area contributed by atoms with Crippen molar-refractivity contribution in [3.05, 3.63) is 71.5 Å². The van der Waals surface area contributed by atoms with Crippen LogP contribution in [-0.2, 0) is 11.3 Å². The number of nitrogens with zero attached hydrogens (tertiary/aromatic N) is 2. The van der Waals surface area contributed by atoms with E-state index in [9.17, 15) is 9.18 Å². The standard InChI is InChI=1S/C23H28FN3O.ClH/c24-19-11-9-17(10-12-19)14-26-13-5-4-8-22(26)23(28)27-15-20(21(25)16-27)18-6-2-1-3-7-18;/h1-3,6-7,9-12,20-22H,4-5,8,13-16,25H2;1H/t20-,21+,22?;/m0./s1. The highest BCUT2D eigenvalue weighted by molar-refractivity contribution is 5.85. The predicted molar refractivity (Wildman–Crippen MR) is 115 cm³/mol. The Balaban J connectivity index is 0.00000240. The smallest absolute Gasteiger partial charge is 0.240 e. The van der Waals surface area contributed by atoms with Gasteiger partial charge in [-0.05, 0) is 42.6 Å². The lowest BCUT2D eigenvalue weighted by Crippen LogP contribution is -2.50. The van der Waals surface area contributed by atoms with Crippen LogP contribution in [0.15, 0.2) is 54.6 Å². The normalized spacial score (nSPS) is 24.9. The first-order chi connectivity index (χ1) is 13.6. The van der Waals surface area contributed by atoms with E-state index in [1.165, 1.54) is 17.7 Å². The van der Waals surface area contributed by atoms with Gasteiger partial charge in [-0.1, -0.05) is 48.9 Å². The molecule has 0 saturated carbocycles. The van der Waals surface area contributed by atoms with Crippen molar-refractivity contribution in [2.75, 3.05) is 19.6 Å². The summed E-state index contributed by atoms with van der Waals surface area (Å²) >= 11 is 0. The highest BCUT2D eigenvalue weighted by Crippen LogP contribution is 2.29. The Morgan fingerprint density at radius 2 is 1.76 bits per heavy atom. The van der Waals surface area contributed by atoms with Gasteiger partial charge in [0.25, 0.3) is 0 Å². The monoisotopic (exact) mass is 417 g/mol. The van der Waals surface area contributed by atoms with Crippen LogP contribution in [0.5, 0.6) is 0 Å². The first-order valence-corrected chi connectivity index (χ1v) is 10.2.